The summed E-state index contributed by atoms with van der Waals surface area (Å²) in [4.78, 5) is 35.3. The summed E-state index contributed by atoms with van der Waals surface area (Å²) in [5.74, 6) is 1.11. The Labute approximate surface area is 201 Å². The first-order valence-electron chi connectivity index (χ1n) is 11.6. The Morgan fingerprint density at radius 2 is 2.03 bits per heavy atom. The minimum atomic E-state index is -0.179. The summed E-state index contributed by atoms with van der Waals surface area (Å²) in [7, 11) is 0. The van der Waals surface area contributed by atoms with Crippen LogP contribution in [-0.2, 0) is 17.9 Å². The van der Waals surface area contributed by atoms with E-state index in [2.05, 4.69) is 25.5 Å². The number of halogens is 1. The highest BCUT2D eigenvalue weighted by molar-refractivity contribution is 6.32. The fourth-order valence-electron chi connectivity index (χ4n) is 5.28. The first kappa shape index (κ1) is 21.5. The summed E-state index contributed by atoms with van der Waals surface area (Å²) in [6.45, 7) is 4.16. The first-order valence-corrected chi connectivity index (χ1v) is 12.0. The van der Waals surface area contributed by atoms with Crippen LogP contribution < -0.4 is 20.9 Å². The second-order valence-corrected chi connectivity index (χ2v) is 9.58. The lowest BCUT2D eigenvalue weighted by atomic mass is 9.98. The van der Waals surface area contributed by atoms with E-state index in [1.807, 2.05) is 16.7 Å². The van der Waals surface area contributed by atoms with Gasteiger partial charge in [-0.05, 0) is 44.1 Å². The van der Waals surface area contributed by atoms with Crippen LogP contribution in [0.1, 0.15) is 30.0 Å². The number of carbonyl (C=O) groups is 1. The third-order valence-electron chi connectivity index (χ3n) is 6.97. The molecule has 1 unspecified atom stereocenters. The Morgan fingerprint density at radius 1 is 1.18 bits per heavy atom. The molecule has 0 aromatic carbocycles. The second kappa shape index (κ2) is 8.65. The summed E-state index contributed by atoms with van der Waals surface area (Å²) in [5, 5.41) is 7.00. The molecule has 3 aliphatic rings. The third-order valence-corrected chi connectivity index (χ3v) is 7.27. The van der Waals surface area contributed by atoms with Crippen molar-refractivity contribution < 1.29 is 9.53 Å². The lowest BCUT2D eigenvalue weighted by Gasteiger charge is -2.34. The fraction of sp³-hybridized carbons (Fsp3) is 0.417. The van der Waals surface area contributed by atoms with Gasteiger partial charge in [0, 0.05) is 49.4 Å². The number of fused-ring (bicyclic) bond motifs is 1. The number of carbonyl (C=O) groups excluding carboxylic acids is 1. The highest BCUT2D eigenvalue weighted by Gasteiger charge is 2.31. The van der Waals surface area contributed by atoms with Crippen LogP contribution in [-0.4, -0.2) is 57.6 Å². The molecule has 3 aliphatic heterocycles. The van der Waals surface area contributed by atoms with Gasteiger partial charge in [-0.2, -0.15) is 0 Å². The van der Waals surface area contributed by atoms with Crippen LogP contribution in [0.2, 0.25) is 5.02 Å². The van der Waals surface area contributed by atoms with Crippen molar-refractivity contribution in [3.8, 4) is 5.75 Å². The number of ether oxygens (including phenoxy) is 1. The molecule has 0 radical (unpaired) electrons. The number of pyridine rings is 3. The number of nitrogens with one attached hydrogen (secondary N) is 2. The lowest BCUT2D eigenvalue weighted by Crippen LogP contribution is -2.43. The Balaban J connectivity index is 1.06. The van der Waals surface area contributed by atoms with Crippen LogP contribution in [0, 0.1) is 0 Å². The molecule has 3 aromatic heterocycles. The number of piperidine rings is 1. The van der Waals surface area contributed by atoms with Crippen molar-refractivity contribution in [1.29, 1.82) is 0 Å². The first-order chi connectivity index (χ1) is 16.5. The van der Waals surface area contributed by atoms with Gasteiger partial charge in [-0.15, -0.1) is 0 Å². The SMILES string of the molecule is O=C1COc2ccc(CNC3CCN(CC4Cn5c(=O)ccc6ncc(Cl)c4c65)CC3)nc2N1. The third kappa shape index (κ3) is 3.93. The highest BCUT2D eigenvalue weighted by atomic mass is 35.5. The molecular weight excluding hydrogens is 456 g/mol. The van der Waals surface area contributed by atoms with E-state index in [0.29, 0.717) is 35.7 Å². The van der Waals surface area contributed by atoms with Gasteiger partial charge in [-0.1, -0.05) is 11.6 Å². The van der Waals surface area contributed by atoms with E-state index in [-0.39, 0.29) is 24.0 Å². The largest absolute Gasteiger partial charge is 0.480 e. The number of likely N-dealkylation sites (tertiary alicyclic amines) is 1. The molecule has 1 fully saturated rings. The number of nitrogens with zero attached hydrogens (tertiary/aromatic N) is 4. The second-order valence-electron chi connectivity index (χ2n) is 9.17. The maximum Gasteiger partial charge on any atom is 0.263 e. The van der Waals surface area contributed by atoms with Gasteiger partial charge in [0.25, 0.3) is 11.5 Å². The van der Waals surface area contributed by atoms with Crippen LogP contribution in [0.5, 0.6) is 5.75 Å². The van der Waals surface area contributed by atoms with E-state index in [1.54, 1.807) is 18.3 Å². The zero-order valence-electron chi connectivity index (χ0n) is 18.6. The minimum absolute atomic E-state index is 0.00476. The molecule has 2 N–H and O–H groups in total. The molecule has 1 saturated heterocycles. The van der Waals surface area contributed by atoms with Gasteiger partial charge < -0.3 is 24.8 Å². The molecule has 10 heteroatoms. The molecule has 3 aromatic rings. The van der Waals surface area contributed by atoms with E-state index in [0.717, 1.165) is 54.8 Å². The number of amides is 1. The number of anilines is 1. The number of rotatable bonds is 5. The number of aromatic nitrogens is 3. The van der Waals surface area contributed by atoms with E-state index < -0.39 is 0 Å². The molecule has 1 atom stereocenters. The molecular formula is C24H25ClN6O3. The summed E-state index contributed by atoms with van der Waals surface area (Å²) >= 11 is 6.53. The lowest BCUT2D eigenvalue weighted by molar-refractivity contribution is -0.118. The van der Waals surface area contributed by atoms with Crippen molar-refractivity contribution in [3.63, 3.8) is 0 Å². The molecule has 176 valence electrons. The van der Waals surface area contributed by atoms with Gasteiger partial charge in [-0.3, -0.25) is 14.6 Å². The number of hydrogen-bond donors (Lipinski definition) is 2. The van der Waals surface area contributed by atoms with Crippen molar-refractivity contribution in [2.75, 3.05) is 31.6 Å². The van der Waals surface area contributed by atoms with Crippen molar-refractivity contribution in [2.24, 2.45) is 0 Å². The maximum atomic E-state index is 12.4. The van der Waals surface area contributed by atoms with Gasteiger partial charge in [-0.25, -0.2) is 4.98 Å². The maximum absolute atomic E-state index is 12.4. The summed E-state index contributed by atoms with van der Waals surface area (Å²) in [5.41, 5.74) is 3.65. The Kier molecular flexibility index (Phi) is 5.47. The van der Waals surface area contributed by atoms with Crippen LogP contribution in [0.15, 0.2) is 35.3 Å². The molecule has 1 amide bonds. The van der Waals surface area contributed by atoms with E-state index in [1.165, 1.54) is 0 Å². The minimum Gasteiger partial charge on any atom is -0.480 e. The van der Waals surface area contributed by atoms with Crippen LogP contribution in [0.4, 0.5) is 5.82 Å². The van der Waals surface area contributed by atoms with Gasteiger partial charge in [0.1, 0.15) is 0 Å². The molecule has 34 heavy (non-hydrogen) atoms. The van der Waals surface area contributed by atoms with Gasteiger partial charge in [0.05, 0.1) is 21.7 Å². The molecule has 9 nitrogen and oxygen atoms in total. The highest BCUT2D eigenvalue weighted by Crippen LogP contribution is 2.37. The van der Waals surface area contributed by atoms with Gasteiger partial charge in [0.2, 0.25) is 0 Å². The zero-order valence-corrected chi connectivity index (χ0v) is 19.3. The summed E-state index contributed by atoms with van der Waals surface area (Å²) in [6, 6.07) is 7.56. The van der Waals surface area contributed by atoms with E-state index in [4.69, 9.17) is 16.3 Å². The Hall–Kier alpha value is -3.01. The zero-order chi connectivity index (χ0) is 23.2. The van der Waals surface area contributed by atoms with E-state index >= 15 is 0 Å². The molecule has 6 rings (SSSR count). The van der Waals surface area contributed by atoms with Crippen LogP contribution in [0.3, 0.4) is 0 Å². The van der Waals surface area contributed by atoms with Gasteiger partial charge in [0.15, 0.2) is 18.2 Å². The molecule has 0 saturated carbocycles. The molecule has 0 aliphatic carbocycles. The fourth-order valence-corrected chi connectivity index (χ4v) is 5.57. The smallest absolute Gasteiger partial charge is 0.263 e. The molecule has 0 spiro atoms. The van der Waals surface area contributed by atoms with Crippen molar-refractivity contribution in [3.05, 3.63) is 57.1 Å². The monoisotopic (exact) mass is 480 g/mol. The Morgan fingerprint density at radius 3 is 2.88 bits per heavy atom. The number of hydrogen-bond acceptors (Lipinski definition) is 7. The average molecular weight is 481 g/mol. The quantitative estimate of drug-likeness (QED) is 0.576. The predicted molar refractivity (Wildman–Crippen MR) is 128 cm³/mol. The van der Waals surface area contributed by atoms with Crippen molar-refractivity contribution in [1.82, 2.24) is 24.8 Å². The van der Waals surface area contributed by atoms with Crippen molar-refractivity contribution in [2.45, 2.75) is 37.9 Å². The molecule has 6 heterocycles. The topological polar surface area (TPSA) is 101 Å². The van der Waals surface area contributed by atoms with Crippen LogP contribution >= 0.6 is 11.6 Å². The summed E-state index contributed by atoms with van der Waals surface area (Å²) < 4.78 is 7.19. The molecule has 0 bridgehead atoms. The van der Waals surface area contributed by atoms with Crippen LogP contribution in [0.25, 0.3) is 11.0 Å². The van der Waals surface area contributed by atoms with Crippen molar-refractivity contribution >= 4 is 34.4 Å². The average Bonchev–Trinajstić information content (AvgIpc) is 3.23. The normalized spacial score (nSPS) is 20.3. The van der Waals surface area contributed by atoms with E-state index in [9.17, 15) is 9.59 Å². The standard InChI is InChI=1S/C24H25ClN6O3/c25-17-10-27-18-2-4-21(33)31-12-14(22(17)23(18)31)11-30-7-5-15(6-8-30)26-9-16-1-3-19-24(28-16)29-20(32)13-34-19/h1-4,10,14-15,26H,5-9,11-13H2,(H,28,29,32). The Bertz CT molecular complexity index is 1330. The van der Waals surface area contributed by atoms with Gasteiger partial charge >= 0.3 is 0 Å². The predicted octanol–water partition coefficient (Wildman–Crippen LogP) is 2.13. The summed E-state index contributed by atoms with van der Waals surface area (Å²) in [6.07, 6.45) is 3.77.